The predicted octanol–water partition coefficient (Wildman–Crippen LogP) is 2.82. The number of rotatable bonds is 2. The number of fused-ring (bicyclic) bond motifs is 1. The predicted molar refractivity (Wildman–Crippen MR) is 72.3 cm³/mol. The van der Waals surface area contributed by atoms with E-state index in [9.17, 15) is 4.39 Å². The summed E-state index contributed by atoms with van der Waals surface area (Å²) in [4.78, 5) is 0. The molecular weight excluding hydrogens is 241 g/mol. The summed E-state index contributed by atoms with van der Waals surface area (Å²) in [7, 11) is 0. The number of hydrogen-bond donors (Lipinski definition) is 1. The van der Waals surface area contributed by atoms with E-state index in [4.69, 9.17) is 10.5 Å². The van der Waals surface area contributed by atoms with Crippen LogP contribution in [-0.2, 0) is 11.2 Å². The lowest BCUT2D eigenvalue weighted by Crippen LogP contribution is -2.33. The van der Waals surface area contributed by atoms with Crippen molar-refractivity contribution in [2.75, 3.05) is 6.54 Å². The molecular formula is C16H16FNO. The summed E-state index contributed by atoms with van der Waals surface area (Å²) in [5.41, 5.74) is 8.80. The van der Waals surface area contributed by atoms with E-state index in [0.29, 0.717) is 6.54 Å². The smallest absolute Gasteiger partial charge is 0.123 e. The van der Waals surface area contributed by atoms with Gasteiger partial charge in [-0.2, -0.15) is 0 Å². The molecule has 0 unspecified atom stereocenters. The molecule has 2 aromatic carbocycles. The molecule has 0 aromatic heterocycles. The number of benzene rings is 2. The van der Waals surface area contributed by atoms with Crippen molar-refractivity contribution in [2.45, 2.75) is 18.6 Å². The SMILES string of the molecule is NC[C@@H]1Cc2ccc(F)cc2[C@H](c2ccccc2)O1. The topological polar surface area (TPSA) is 35.2 Å². The molecule has 1 aliphatic rings. The van der Waals surface area contributed by atoms with Crippen LogP contribution in [0.4, 0.5) is 4.39 Å². The minimum atomic E-state index is -0.228. The van der Waals surface area contributed by atoms with Crippen LogP contribution < -0.4 is 5.73 Å². The van der Waals surface area contributed by atoms with Crippen LogP contribution in [0.5, 0.6) is 0 Å². The second kappa shape index (κ2) is 5.11. The van der Waals surface area contributed by atoms with Crippen LogP contribution in [0.1, 0.15) is 22.8 Å². The zero-order valence-corrected chi connectivity index (χ0v) is 10.6. The minimum absolute atomic E-state index is 0.0110. The first-order valence-electron chi connectivity index (χ1n) is 6.46. The van der Waals surface area contributed by atoms with Gasteiger partial charge in [0.05, 0.1) is 6.10 Å². The minimum Gasteiger partial charge on any atom is -0.364 e. The second-order valence-corrected chi connectivity index (χ2v) is 4.83. The molecule has 0 amide bonds. The monoisotopic (exact) mass is 257 g/mol. The van der Waals surface area contributed by atoms with Gasteiger partial charge in [-0.15, -0.1) is 0 Å². The molecule has 98 valence electrons. The Hall–Kier alpha value is -1.71. The summed E-state index contributed by atoms with van der Waals surface area (Å²) >= 11 is 0. The molecule has 2 aromatic rings. The van der Waals surface area contributed by atoms with Crippen molar-refractivity contribution in [3.8, 4) is 0 Å². The molecule has 0 saturated carbocycles. The number of halogens is 1. The lowest BCUT2D eigenvalue weighted by Gasteiger charge is -2.32. The molecule has 2 atom stereocenters. The van der Waals surface area contributed by atoms with Gasteiger partial charge in [-0.3, -0.25) is 0 Å². The fourth-order valence-electron chi connectivity index (χ4n) is 2.58. The summed E-state index contributed by atoms with van der Waals surface area (Å²) in [6, 6.07) is 14.8. The molecule has 0 radical (unpaired) electrons. The summed E-state index contributed by atoms with van der Waals surface area (Å²) in [6.45, 7) is 0.472. The molecule has 0 spiro atoms. The summed E-state index contributed by atoms with van der Waals surface area (Å²) < 4.78 is 19.5. The Morgan fingerprint density at radius 3 is 2.68 bits per heavy atom. The quantitative estimate of drug-likeness (QED) is 0.898. The summed E-state index contributed by atoms with van der Waals surface area (Å²) in [6.07, 6.45) is 0.507. The molecule has 1 heterocycles. The van der Waals surface area contributed by atoms with Gasteiger partial charge in [-0.1, -0.05) is 36.4 Å². The number of hydrogen-bond acceptors (Lipinski definition) is 2. The van der Waals surface area contributed by atoms with E-state index >= 15 is 0 Å². The van der Waals surface area contributed by atoms with Gasteiger partial charge in [0, 0.05) is 13.0 Å². The van der Waals surface area contributed by atoms with Crippen molar-refractivity contribution in [2.24, 2.45) is 5.73 Å². The third kappa shape index (κ3) is 2.39. The van der Waals surface area contributed by atoms with Gasteiger partial charge < -0.3 is 10.5 Å². The van der Waals surface area contributed by atoms with E-state index in [1.807, 2.05) is 36.4 Å². The lowest BCUT2D eigenvalue weighted by molar-refractivity contribution is 0.00144. The Morgan fingerprint density at radius 2 is 1.95 bits per heavy atom. The fourth-order valence-corrected chi connectivity index (χ4v) is 2.58. The first kappa shape index (κ1) is 12.3. The van der Waals surface area contributed by atoms with Gasteiger partial charge in [-0.25, -0.2) is 4.39 Å². The molecule has 0 saturated heterocycles. The molecule has 0 bridgehead atoms. The van der Waals surface area contributed by atoms with E-state index in [1.54, 1.807) is 6.07 Å². The first-order valence-corrected chi connectivity index (χ1v) is 6.46. The van der Waals surface area contributed by atoms with Crippen molar-refractivity contribution >= 4 is 0 Å². The number of nitrogens with two attached hydrogens (primary N) is 1. The van der Waals surface area contributed by atoms with Crippen LogP contribution in [0.2, 0.25) is 0 Å². The lowest BCUT2D eigenvalue weighted by atomic mass is 9.90. The number of ether oxygens (including phenoxy) is 1. The van der Waals surface area contributed by atoms with Gasteiger partial charge in [0.1, 0.15) is 11.9 Å². The maximum Gasteiger partial charge on any atom is 0.123 e. The zero-order valence-electron chi connectivity index (χ0n) is 10.6. The largest absolute Gasteiger partial charge is 0.364 e. The second-order valence-electron chi connectivity index (χ2n) is 4.83. The molecule has 2 nitrogen and oxygen atoms in total. The van der Waals surface area contributed by atoms with Crippen LogP contribution in [0.3, 0.4) is 0 Å². The van der Waals surface area contributed by atoms with Crippen LogP contribution >= 0.6 is 0 Å². The molecule has 0 aliphatic carbocycles. The van der Waals surface area contributed by atoms with Gasteiger partial charge in [0.15, 0.2) is 0 Å². The van der Waals surface area contributed by atoms with Crippen molar-refractivity contribution in [3.63, 3.8) is 0 Å². The van der Waals surface area contributed by atoms with Gasteiger partial charge >= 0.3 is 0 Å². The van der Waals surface area contributed by atoms with Gasteiger partial charge in [-0.05, 0) is 28.8 Å². The van der Waals surface area contributed by atoms with Crippen LogP contribution in [-0.4, -0.2) is 12.6 Å². The zero-order chi connectivity index (χ0) is 13.2. The van der Waals surface area contributed by atoms with E-state index in [-0.39, 0.29) is 18.0 Å². The van der Waals surface area contributed by atoms with Crippen LogP contribution in [0.25, 0.3) is 0 Å². The molecule has 1 aliphatic heterocycles. The molecule has 3 rings (SSSR count). The summed E-state index contributed by atoms with van der Waals surface area (Å²) in [5, 5.41) is 0. The van der Waals surface area contributed by atoms with E-state index in [1.165, 1.54) is 6.07 Å². The summed E-state index contributed by atoms with van der Waals surface area (Å²) in [5.74, 6) is -0.227. The molecule has 2 N–H and O–H groups in total. The molecule has 19 heavy (non-hydrogen) atoms. The first-order chi connectivity index (χ1) is 9.28. The van der Waals surface area contributed by atoms with Crippen LogP contribution in [0.15, 0.2) is 48.5 Å². The highest BCUT2D eigenvalue weighted by Crippen LogP contribution is 2.35. The maximum atomic E-state index is 13.5. The fraction of sp³-hybridized carbons (Fsp3) is 0.250. The van der Waals surface area contributed by atoms with E-state index in [0.717, 1.165) is 23.1 Å². The molecule has 3 heteroatoms. The maximum absolute atomic E-state index is 13.5. The van der Waals surface area contributed by atoms with Gasteiger partial charge in [0.25, 0.3) is 0 Å². The van der Waals surface area contributed by atoms with E-state index in [2.05, 4.69) is 0 Å². The highest BCUT2D eigenvalue weighted by molar-refractivity contribution is 5.38. The Kier molecular flexibility index (Phi) is 3.32. The molecule has 0 fully saturated rings. The van der Waals surface area contributed by atoms with E-state index < -0.39 is 0 Å². The third-order valence-corrected chi connectivity index (χ3v) is 3.53. The average molecular weight is 257 g/mol. The standard InChI is InChI=1S/C16H16FNO/c17-13-7-6-12-8-14(10-18)19-16(15(12)9-13)11-4-2-1-3-5-11/h1-7,9,14,16H,8,10,18H2/t14-,16-/m0/s1. The Balaban J connectivity index is 2.07. The average Bonchev–Trinajstić information content (AvgIpc) is 2.47. The highest BCUT2D eigenvalue weighted by Gasteiger charge is 2.28. The van der Waals surface area contributed by atoms with Crippen molar-refractivity contribution < 1.29 is 9.13 Å². The Morgan fingerprint density at radius 1 is 1.16 bits per heavy atom. The third-order valence-electron chi connectivity index (χ3n) is 3.53. The Labute approximate surface area is 112 Å². The normalized spacial score (nSPS) is 22.0. The Bertz CT molecular complexity index is 570. The van der Waals surface area contributed by atoms with Crippen molar-refractivity contribution in [3.05, 3.63) is 71.0 Å². The van der Waals surface area contributed by atoms with Crippen molar-refractivity contribution in [1.82, 2.24) is 0 Å². The van der Waals surface area contributed by atoms with Crippen molar-refractivity contribution in [1.29, 1.82) is 0 Å². The van der Waals surface area contributed by atoms with Crippen LogP contribution in [0, 0.1) is 5.82 Å². The highest BCUT2D eigenvalue weighted by atomic mass is 19.1. The van der Waals surface area contributed by atoms with Gasteiger partial charge in [0.2, 0.25) is 0 Å².